The fourth-order valence-electron chi connectivity index (χ4n) is 4.94. The number of hydrogen-bond acceptors (Lipinski definition) is 8. The SMILES string of the molecule is CNC(=O)[C@@H]1C[C@@H](O)CN1C(=O)[C@@H](n1cc(-c2cccc(NCC(=O)N3CCOCC3)c2)nn1)C(C)(C)C. The predicted molar refractivity (Wildman–Crippen MR) is 140 cm³/mol. The molecule has 2 saturated heterocycles. The van der Waals surface area contributed by atoms with Crippen LogP contribution in [0.4, 0.5) is 5.69 Å². The first-order chi connectivity index (χ1) is 18.1. The van der Waals surface area contributed by atoms with Gasteiger partial charge < -0.3 is 30.3 Å². The Hall–Kier alpha value is -3.51. The third-order valence-corrected chi connectivity index (χ3v) is 6.91. The summed E-state index contributed by atoms with van der Waals surface area (Å²) in [5.41, 5.74) is 1.56. The molecule has 3 atom stereocenters. The van der Waals surface area contributed by atoms with Crippen LogP contribution in [-0.2, 0) is 19.1 Å². The van der Waals surface area contributed by atoms with Crippen molar-refractivity contribution in [2.75, 3.05) is 51.8 Å². The number of carbonyl (C=O) groups is 3. The van der Waals surface area contributed by atoms with Gasteiger partial charge in [0.15, 0.2) is 0 Å². The van der Waals surface area contributed by atoms with Crippen molar-refractivity contribution in [2.45, 2.75) is 45.4 Å². The summed E-state index contributed by atoms with van der Waals surface area (Å²) in [6.45, 7) is 8.33. The van der Waals surface area contributed by atoms with Gasteiger partial charge in [0, 0.05) is 44.4 Å². The van der Waals surface area contributed by atoms with E-state index in [4.69, 9.17) is 4.74 Å². The van der Waals surface area contributed by atoms with Gasteiger partial charge in [-0.05, 0) is 17.5 Å². The second-order valence-electron chi connectivity index (χ2n) is 10.8. The van der Waals surface area contributed by atoms with E-state index in [1.165, 1.54) is 16.6 Å². The molecule has 0 saturated carbocycles. The van der Waals surface area contributed by atoms with Crippen molar-refractivity contribution in [1.29, 1.82) is 0 Å². The molecule has 3 amide bonds. The van der Waals surface area contributed by atoms with Gasteiger partial charge in [-0.15, -0.1) is 5.10 Å². The van der Waals surface area contributed by atoms with Crippen molar-refractivity contribution in [2.24, 2.45) is 5.41 Å². The number of ether oxygens (including phenoxy) is 1. The van der Waals surface area contributed by atoms with Gasteiger partial charge in [-0.2, -0.15) is 0 Å². The van der Waals surface area contributed by atoms with Crippen LogP contribution in [0.2, 0.25) is 0 Å². The zero-order chi connectivity index (χ0) is 27.4. The summed E-state index contributed by atoms with van der Waals surface area (Å²) in [6, 6.07) is 6.02. The zero-order valence-electron chi connectivity index (χ0n) is 22.4. The van der Waals surface area contributed by atoms with Gasteiger partial charge in [0.1, 0.15) is 17.8 Å². The second-order valence-corrected chi connectivity index (χ2v) is 10.8. The van der Waals surface area contributed by atoms with Crippen LogP contribution in [-0.4, -0.2) is 106 Å². The molecule has 1 aromatic heterocycles. The molecule has 2 fully saturated rings. The summed E-state index contributed by atoms with van der Waals surface area (Å²) in [5.74, 6) is -0.590. The number of aliphatic hydroxyl groups excluding tert-OH is 1. The van der Waals surface area contributed by atoms with Crippen molar-refractivity contribution >= 4 is 23.4 Å². The first-order valence-corrected chi connectivity index (χ1v) is 12.9. The van der Waals surface area contributed by atoms with Gasteiger partial charge in [-0.3, -0.25) is 14.4 Å². The second kappa shape index (κ2) is 11.5. The third kappa shape index (κ3) is 6.13. The largest absolute Gasteiger partial charge is 0.391 e. The van der Waals surface area contributed by atoms with Gasteiger partial charge in [-0.1, -0.05) is 38.1 Å². The fraction of sp³-hybridized carbons (Fsp3) is 0.577. The Bertz CT molecular complexity index is 1150. The maximum Gasteiger partial charge on any atom is 0.248 e. The molecular formula is C26H37N7O5. The number of aliphatic hydroxyl groups is 1. The standard InChI is InChI=1S/C26H37N7O5/c1-26(2,3)23(25(37)32-15-19(34)13-21(32)24(36)27-4)33-16-20(29-30-33)17-6-5-7-18(12-17)28-14-22(35)31-8-10-38-11-9-31/h5-7,12,16,19,21,23,28,34H,8-11,13-15H2,1-4H3,(H,27,36)/t19-,21+,23-/m1/s1. The topological polar surface area (TPSA) is 142 Å². The summed E-state index contributed by atoms with van der Waals surface area (Å²) in [5, 5.41) is 24.6. The van der Waals surface area contributed by atoms with Crippen LogP contribution in [0.25, 0.3) is 11.3 Å². The van der Waals surface area contributed by atoms with Crippen LogP contribution >= 0.6 is 0 Å². The number of morpholine rings is 1. The molecule has 0 spiro atoms. The molecule has 0 radical (unpaired) electrons. The van der Waals surface area contributed by atoms with Crippen molar-refractivity contribution in [3.8, 4) is 11.3 Å². The lowest BCUT2D eigenvalue weighted by Gasteiger charge is -2.34. The number of aromatic nitrogens is 3. The highest BCUT2D eigenvalue weighted by atomic mass is 16.5. The van der Waals surface area contributed by atoms with E-state index in [1.807, 2.05) is 45.0 Å². The molecule has 3 N–H and O–H groups in total. The minimum absolute atomic E-state index is 0.0123. The van der Waals surface area contributed by atoms with E-state index in [1.54, 1.807) is 11.1 Å². The normalized spacial score (nSPS) is 20.8. The average molecular weight is 528 g/mol. The molecule has 2 aliphatic heterocycles. The Morgan fingerprint density at radius 1 is 1.21 bits per heavy atom. The lowest BCUT2D eigenvalue weighted by molar-refractivity contribution is -0.144. The molecular weight excluding hydrogens is 490 g/mol. The van der Waals surface area contributed by atoms with Gasteiger partial charge in [0.25, 0.3) is 0 Å². The molecule has 0 unspecified atom stereocenters. The van der Waals surface area contributed by atoms with Gasteiger partial charge in [-0.25, -0.2) is 4.68 Å². The Kier molecular flexibility index (Phi) is 8.32. The number of carbonyl (C=O) groups excluding carboxylic acids is 3. The molecule has 12 heteroatoms. The summed E-state index contributed by atoms with van der Waals surface area (Å²) in [6.07, 6.45) is 1.14. The molecule has 0 aliphatic carbocycles. The Morgan fingerprint density at radius 3 is 2.63 bits per heavy atom. The number of nitrogens with one attached hydrogen (secondary N) is 2. The number of β-amino-alcohol motifs (C(OH)–C–C–N with tert-alkyl or cyclic N) is 1. The summed E-state index contributed by atoms with van der Waals surface area (Å²) in [4.78, 5) is 41.8. The zero-order valence-corrected chi connectivity index (χ0v) is 22.4. The number of benzene rings is 1. The van der Waals surface area contributed by atoms with Gasteiger partial charge in [0.2, 0.25) is 17.7 Å². The van der Waals surface area contributed by atoms with E-state index in [0.29, 0.717) is 32.0 Å². The number of anilines is 1. The van der Waals surface area contributed by atoms with Gasteiger partial charge >= 0.3 is 0 Å². The Morgan fingerprint density at radius 2 is 1.95 bits per heavy atom. The molecule has 4 rings (SSSR count). The van der Waals surface area contributed by atoms with Crippen molar-refractivity contribution < 1.29 is 24.2 Å². The summed E-state index contributed by atoms with van der Waals surface area (Å²) in [7, 11) is 1.52. The van der Waals surface area contributed by atoms with Crippen molar-refractivity contribution in [3.63, 3.8) is 0 Å². The lowest BCUT2D eigenvalue weighted by Crippen LogP contribution is -2.49. The Balaban J connectivity index is 1.51. The molecule has 206 valence electrons. The van der Waals surface area contributed by atoms with E-state index in [9.17, 15) is 19.5 Å². The van der Waals surface area contributed by atoms with Crippen molar-refractivity contribution in [3.05, 3.63) is 30.5 Å². The van der Waals surface area contributed by atoms with Gasteiger partial charge in [0.05, 0.1) is 32.1 Å². The smallest absolute Gasteiger partial charge is 0.248 e. The van der Waals surface area contributed by atoms with Crippen LogP contribution in [0, 0.1) is 5.41 Å². The summed E-state index contributed by atoms with van der Waals surface area (Å²) >= 11 is 0. The van der Waals surface area contributed by atoms with Crippen LogP contribution in [0.5, 0.6) is 0 Å². The highest BCUT2D eigenvalue weighted by Crippen LogP contribution is 2.35. The molecule has 2 aromatic rings. The van der Waals surface area contributed by atoms with E-state index in [0.717, 1.165) is 11.3 Å². The van der Waals surface area contributed by atoms with E-state index in [-0.39, 0.29) is 37.2 Å². The molecule has 38 heavy (non-hydrogen) atoms. The third-order valence-electron chi connectivity index (χ3n) is 6.91. The number of rotatable bonds is 7. The number of hydrogen-bond donors (Lipinski definition) is 3. The van der Waals surface area contributed by atoms with Crippen LogP contribution < -0.4 is 10.6 Å². The predicted octanol–water partition coefficient (Wildman–Crippen LogP) is 0.511. The number of likely N-dealkylation sites (tertiary alicyclic amines) is 1. The number of likely N-dealkylation sites (N-methyl/N-ethyl adjacent to an activating group) is 1. The number of amides is 3. The lowest BCUT2D eigenvalue weighted by atomic mass is 9.85. The minimum atomic E-state index is -0.765. The molecule has 2 aliphatic rings. The average Bonchev–Trinajstić information content (AvgIpc) is 3.54. The number of nitrogens with zero attached hydrogens (tertiary/aromatic N) is 5. The van der Waals surface area contributed by atoms with Crippen LogP contribution in [0.3, 0.4) is 0 Å². The van der Waals surface area contributed by atoms with Crippen molar-refractivity contribution in [1.82, 2.24) is 30.1 Å². The monoisotopic (exact) mass is 527 g/mol. The highest BCUT2D eigenvalue weighted by Gasteiger charge is 2.45. The fourth-order valence-corrected chi connectivity index (χ4v) is 4.94. The van der Waals surface area contributed by atoms with Crippen LogP contribution in [0.1, 0.15) is 33.2 Å². The van der Waals surface area contributed by atoms with E-state index < -0.39 is 23.6 Å². The van der Waals surface area contributed by atoms with Crippen LogP contribution in [0.15, 0.2) is 30.5 Å². The first-order valence-electron chi connectivity index (χ1n) is 12.9. The first kappa shape index (κ1) is 27.5. The van der Waals surface area contributed by atoms with E-state index in [2.05, 4.69) is 20.9 Å². The quantitative estimate of drug-likeness (QED) is 0.473. The molecule has 12 nitrogen and oxygen atoms in total. The summed E-state index contributed by atoms with van der Waals surface area (Å²) < 4.78 is 6.84. The minimum Gasteiger partial charge on any atom is -0.391 e. The molecule has 0 bridgehead atoms. The molecule has 3 heterocycles. The maximum absolute atomic E-state index is 13.7. The Labute approximate surface area is 222 Å². The highest BCUT2D eigenvalue weighted by molar-refractivity contribution is 5.90. The molecule has 1 aromatic carbocycles. The van der Waals surface area contributed by atoms with E-state index >= 15 is 0 Å². The maximum atomic E-state index is 13.7.